The van der Waals surface area contributed by atoms with Gasteiger partial charge in [-0.3, -0.25) is 0 Å². The minimum atomic E-state index is 0.859. The van der Waals surface area contributed by atoms with Crippen LogP contribution < -0.4 is 10.1 Å². The van der Waals surface area contributed by atoms with Crippen LogP contribution in [0.4, 0.5) is 11.4 Å². The highest BCUT2D eigenvalue weighted by atomic mass is 16.5. The summed E-state index contributed by atoms with van der Waals surface area (Å²) in [5.74, 6) is 0.859. The summed E-state index contributed by atoms with van der Waals surface area (Å²) in [7, 11) is 1.69. The number of nitrogens with one attached hydrogen (secondary N) is 1. The predicted octanol–water partition coefficient (Wildman–Crippen LogP) is 7.03. The van der Waals surface area contributed by atoms with E-state index < -0.39 is 0 Å². The summed E-state index contributed by atoms with van der Waals surface area (Å²) < 4.78 is 5.31. The van der Waals surface area contributed by atoms with Crippen LogP contribution in [0, 0.1) is 0 Å². The molecule has 0 fully saturated rings. The molecule has 4 rings (SSSR count). The average molecular weight is 377 g/mol. The van der Waals surface area contributed by atoms with Gasteiger partial charge in [0.1, 0.15) is 5.75 Å². The van der Waals surface area contributed by atoms with E-state index in [-0.39, 0.29) is 0 Å². The molecule has 0 amide bonds. The molecule has 0 spiro atoms. The van der Waals surface area contributed by atoms with Crippen LogP contribution in [0.25, 0.3) is 11.6 Å². The molecule has 0 radical (unpaired) electrons. The molecule has 142 valence electrons. The van der Waals surface area contributed by atoms with Gasteiger partial charge >= 0.3 is 0 Å². The second-order valence-corrected chi connectivity index (χ2v) is 6.77. The standard InChI is InChI=1S/C27H23NO/c1-29-26-18-14-23(15-19-26)27(22-8-4-2-5-9-22)20-21-12-16-25(17-13-21)28-24-10-6-3-7-11-24/h2-20,28H,1H3. The lowest BCUT2D eigenvalue weighted by molar-refractivity contribution is 0.415. The molecular weight excluding hydrogens is 354 g/mol. The Morgan fingerprint density at radius 1 is 0.621 bits per heavy atom. The van der Waals surface area contributed by atoms with Crippen LogP contribution in [0.15, 0.2) is 109 Å². The van der Waals surface area contributed by atoms with Gasteiger partial charge in [-0.15, -0.1) is 0 Å². The number of ether oxygens (including phenoxy) is 1. The van der Waals surface area contributed by atoms with Gasteiger partial charge in [0.2, 0.25) is 0 Å². The zero-order valence-corrected chi connectivity index (χ0v) is 16.4. The van der Waals surface area contributed by atoms with E-state index in [0.29, 0.717) is 0 Å². The van der Waals surface area contributed by atoms with Crippen LogP contribution in [0.5, 0.6) is 5.75 Å². The molecule has 0 aliphatic carbocycles. The molecule has 29 heavy (non-hydrogen) atoms. The molecule has 0 atom stereocenters. The van der Waals surface area contributed by atoms with Crippen molar-refractivity contribution in [1.29, 1.82) is 0 Å². The van der Waals surface area contributed by atoms with Gasteiger partial charge < -0.3 is 10.1 Å². The molecule has 0 aromatic heterocycles. The van der Waals surface area contributed by atoms with Crippen molar-refractivity contribution in [1.82, 2.24) is 0 Å². The summed E-state index contributed by atoms with van der Waals surface area (Å²) in [6, 6.07) is 37.3. The van der Waals surface area contributed by atoms with E-state index in [1.807, 2.05) is 36.4 Å². The fourth-order valence-electron chi connectivity index (χ4n) is 3.24. The number of benzene rings is 4. The summed E-state index contributed by atoms with van der Waals surface area (Å²) in [6.07, 6.45) is 2.23. The van der Waals surface area contributed by atoms with E-state index in [1.54, 1.807) is 7.11 Å². The van der Waals surface area contributed by atoms with Crippen LogP contribution in [-0.2, 0) is 0 Å². The first-order valence-corrected chi connectivity index (χ1v) is 9.65. The topological polar surface area (TPSA) is 21.3 Å². The molecule has 0 unspecified atom stereocenters. The Labute approximate surface area is 172 Å². The maximum absolute atomic E-state index is 5.31. The maximum Gasteiger partial charge on any atom is 0.118 e. The maximum atomic E-state index is 5.31. The smallest absolute Gasteiger partial charge is 0.118 e. The Bertz CT molecular complexity index is 1070. The summed E-state index contributed by atoms with van der Waals surface area (Å²) in [6.45, 7) is 0. The first-order chi connectivity index (χ1) is 14.3. The van der Waals surface area contributed by atoms with E-state index in [4.69, 9.17) is 4.74 Å². The Hall–Kier alpha value is -3.78. The summed E-state index contributed by atoms with van der Waals surface area (Å²) >= 11 is 0. The number of rotatable bonds is 6. The summed E-state index contributed by atoms with van der Waals surface area (Å²) in [5.41, 5.74) is 6.82. The van der Waals surface area contributed by atoms with Gasteiger partial charge in [-0.05, 0) is 64.7 Å². The Morgan fingerprint density at radius 2 is 1.17 bits per heavy atom. The molecule has 4 aromatic carbocycles. The SMILES string of the molecule is COc1ccc(C(=Cc2ccc(Nc3ccccc3)cc2)c2ccccc2)cc1. The molecule has 4 aromatic rings. The Balaban J connectivity index is 1.65. The van der Waals surface area contributed by atoms with Crippen LogP contribution in [0.3, 0.4) is 0 Å². The molecule has 1 N–H and O–H groups in total. The molecule has 0 heterocycles. The number of anilines is 2. The van der Waals surface area contributed by atoms with Crippen molar-refractivity contribution in [3.05, 3.63) is 126 Å². The van der Waals surface area contributed by atoms with Gasteiger partial charge in [0.15, 0.2) is 0 Å². The van der Waals surface area contributed by atoms with Gasteiger partial charge in [0.25, 0.3) is 0 Å². The summed E-state index contributed by atoms with van der Waals surface area (Å²) in [5, 5.41) is 3.43. The fraction of sp³-hybridized carbons (Fsp3) is 0.0370. The van der Waals surface area contributed by atoms with Crippen molar-refractivity contribution in [3.8, 4) is 5.75 Å². The van der Waals surface area contributed by atoms with E-state index in [1.165, 1.54) is 11.1 Å². The van der Waals surface area contributed by atoms with E-state index in [0.717, 1.165) is 28.3 Å². The number of hydrogen-bond donors (Lipinski definition) is 1. The van der Waals surface area contributed by atoms with Crippen LogP contribution >= 0.6 is 0 Å². The largest absolute Gasteiger partial charge is 0.497 e. The third-order valence-corrected chi connectivity index (χ3v) is 4.77. The predicted molar refractivity (Wildman–Crippen MR) is 123 cm³/mol. The van der Waals surface area contributed by atoms with Crippen LogP contribution in [0.1, 0.15) is 16.7 Å². The monoisotopic (exact) mass is 377 g/mol. The van der Waals surface area contributed by atoms with Crippen molar-refractivity contribution < 1.29 is 4.74 Å². The molecule has 0 aliphatic heterocycles. The molecular formula is C27H23NO. The second kappa shape index (κ2) is 8.94. The zero-order valence-electron chi connectivity index (χ0n) is 16.4. The Kier molecular flexibility index (Phi) is 5.73. The highest BCUT2D eigenvalue weighted by Crippen LogP contribution is 2.28. The molecule has 2 nitrogen and oxygen atoms in total. The minimum absolute atomic E-state index is 0.859. The molecule has 0 bridgehead atoms. The van der Waals surface area contributed by atoms with Crippen molar-refractivity contribution in [2.45, 2.75) is 0 Å². The van der Waals surface area contributed by atoms with Crippen molar-refractivity contribution >= 4 is 23.0 Å². The summed E-state index contributed by atoms with van der Waals surface area (Å²) in [4.78, 5) is 0. The highest BCUT2D eigenvalue weighted by Gasteiger charge is 2.06. The van der Waals surface area contributed by atoms with Crippen molar-refractivity contribution in [3.63, 3.8) is 0 Å². The number of para-hydroxylation sites is 1. The lowest BCUT2D eigenvalue weighted by Crippen LogP contribution is -1.91. The normalized spacial score (nSPS) is 11.1. The van der Waals surface area contributed by atoms with E-state index >= 15 is 0 Å². The fourth-order valence-corrected chi connectivity index (χ4v) is 3.24. The first-order valence-electron chi connectivity index (χ1n) is 9.65. The molecule has 0 aliphatic rings. The second-order valence-electron chi connectivity index (χ2n) is 6.77. The van der Waals surface area contributed by atoms with Crippen LogP contribution in [0.2, 0.25) is 0 Å². The molecule has 0 saturated heterocycles. The Morgan fingerprint density at radius 3 is 1.79 bits per heavy atom. The lowest BCUT2D eigenvalue weighted by Gasteiger charge is -2.11. The average Bonchev–Trinajstić information content (AvgIpc) is 2.80. The van der Waals surface area contributed by atoms with Gasteiger partial charge in [0.05, 0.1) is 7.11 Å². The zero-order chi connectivity index (χ0) is 19.9. The molecule has 0 saturated carbocycles. The van der Waals surface area contributed by atoms with Gasteiger partial charge in [-0.2, -0.15) is 0 Å². The number of methoxy groups -OCH3 is 1. The van der Waals surface area contributed by atoms with Gasteiger partial charge in [-0.25, -0.2) is 0 Å². The lowest BCUT2D eigenvalue weighted by atomic mass is 9.95. The van der Waals surface area contributed by atoms with E-state index in [2.05, 4.69) is 84.2 Å². The van der Waals surface area contributed by atoms with E-state index in [9.17, 15) is 0 Å². The van der Waals surface area contributed by atoms with Crippen LogP contribution in [-0.4, -0.2) is 7.11 Å². The van der Waals surface area contributed by atoms with Gasteiger partial charge in [0, 0.05) is 11.4 Å². The highest BCUT2D eigenvalue weighted by molar-refractivity contribution is 5.91. The molecule has 2 heteroatoms. The number of hydrogen-bond acceptors (Lipinski definition) is 2. The van der Waals surface area contributed by atoms with Gasteiger partial charge in [-0.1, -0.05) is 72.8 Å². The minimum Gasteiger partial charge on any atom is -0.497 e. The van der Waals surface area contributed by atoms with Crippen molar-refractivity contribution in [2.75, 3.05) is 12.4 Å². The van der Waals surface area contributed by atoms with Crippen molar-refractivity contribution in [2.24, 2.45) is 0 Å². The quantitative estimate of drug-likeness (QED) is 0.364. The third-order valence-electron chi connectivity index (χ3n) is 4.77. The first kappa shape index (κ1) is 18.6. The third kappa shape index (κ3) is 4.74.